The summed E-state index contributed by atoms with van der Waals surface area (Å²) in [6, 6.07) is 17.8. The molecule has 0 unspecified atom stereocenters. The molecule has 126 valence electrons. The zero-order chi connectivity index (χ0) is 19.6. The molecule has 0 aliphatic carbocycles. The average Bonchev–Trinajstić information content (AvgIpc) is 2.67. The minimum absolute atomic E-state index is 0.0797. The van der Waals surface area contributed by atoms with Crippen LogP contribution in [0.1, 0.15) is 13.9 Å². The van der Waals surface area contributed by atoms with Gasteiger partial charge in [0.25, 0.3) is 5.69 Å². The molecule has 25 heavy (non-hydrogen) atoms. The van der Waals surface area contributed by atoms with E-state index < -0.39 is 11.3 Å². The molecule has 3 rings (SSSR count). The van der Waals surface area contributed by atoms with Crippen LogP contribution in [0.3, 0.4) is 0 Å². The van der Waals surface area contributed by atoms with Gasteiger partial charge in [-0.1, -0.05) is 41.9 Å². The highest BCUT2D eigenvalue weighted by Crippen LogP contribution is 2.33. The van der Waals surface area contributed by atoms with Gasteiger partial charge in [-0.25, -0.2) is 0 Å². The molecule has 0 atom stereocenters. The van der Waals surface area contributed by atoms with Crippen molar-refractivity contribution >= 4 is 17.3 Å². The highest BCUT2D eigenvalue weighted by atomic mass is 35.5. The summed E-state index contributed by atoms with van der Waals surface area (Å²) in [4.78, 5) is 10.3. The Labute approximate surface area is 153 Å². The van der Waals surface area contributed by atoms with E-state index in [9.17, 15) is 10.1 Å². The Kier molecular flexibility index (Phi) is 4.27. The van der Waals surface area contributed by atoms with E-state index >= 15 is 0 Å². The second-order valence-electron chi connectivity index (χ2n) is 5.35. The fourth-order valence-electron chi connectivity index (χ4n) is 2.50. The van der Waals surface area contributed by atoms with Crippen LogP contribution in [-0.2, 0) is 6.37 Å². The predicted molar refractivity (Wildman–Crippen MR) is 99.3 cm³/mol. The third-order valence-corrected chi connectivity index (χ3v) is 3.94. The van der Waals surface area contributed by atoms with Crippen molar-refractivity contribution in [2.45, 2.75) is 6.37 Å². The second-order valence-corrected chi connectivity index (χ2v) is 5.79. The van der Waals surface area contributed by atoms with Crippen LogP contribution in [0.5, 0.6) is 5.75 Å². The standard InChI is InChI=1S/C20H16ClNO3/c1-25-20-10-7-15(11-14-5-8-18(9-6-14)22(23)24)12-19(20)16-3-2-4-17(21)13-16/h2-10,12-13H,11H2,1H3/i11D2. The maximum Gasteiger partial charge on any atom is 0.269 e. The number of benzene rings is 3. The molecule has 0 spiro atoms. The number of nitrogens with zero attached hydrogens (tertiary/aromatic N) is 1. The molecule has 3 aromatic rings. The first kappa shape index (κ1) is 14.5. The van der Waals surface area contributed by atoms with Crippen molar-refractivity contribution in [2.24, 2.45) is 0 Å². The second kappa shape index (κ2) is 7.36. The Bertz CT molecular complexity index is 991. The zero-order valence-corrected chi connectivity index (χ0v) is 14.2. The molecule has 0 saturated carbocycles. The summed E-state index contributed by atoms with van der Waals surface area (Å²) in [5, 5.41) is 11.4. The molecule has 5 heteroatoms. The van der Waals surface area contributed by atoms with E-state index in [1.165, 1.54) is 24.3 Å². The Hall–Kier alpha value is -2.85. The lowest BCUT2D eigenvalue weighted by molar-refractivity contribution is -0.384. The van der Waals surface area contributed by atoms with Crippen LogP contribution >= 0.6 is 11.6 Å². The van der Waals surface area contributed by atoms with E-state index in [0.29, 0.717) is 27.5 Å². The number of rotatable bonds is 5. The van der Waals surface area contributed by atoms with Gasteiger partial charge in [0, 0.05) is 25.5 Å². The number of non-ortho nitro benzene ring substituents is 1. The molecule has 0 fully saturated rings. The fraction of sp³-hybridized carbons (Fsp3) is 0.100. The summed E-state index contributed by atoms with van der Waals surface area (Å²) < 4.78 is 22.5. The van der Waals surface area contributed by atoms with Crippen LogP contribution in [0.15, 0.2) is 66.7 Å². The van der Waals surface area contributed by atoms with Gasteiger partial charge in [-0.2, -0.15) is 0 Å². The van der Waals surface area contributed by atoms with E-state index in [1.54, 1.807) is 37.4 Å². The first-order chi connectivity index (χ1) is 12.8. The predicted octanol–water partition coefficient (Wildman–Crippen LogP) is 5.51. The highest BCUT2D eigenvalue weighted by Gasteiger charge is 2.09. The molecule has 0 aliphatic rings. The van der Waals surface area contributed by atoms with Gasteiger partial charge in [0.1, 0.15) is 5.75 Å². The highest BCUT2D eigenvalue weighted by molar-refractivity contribution is 6.30. The minimum atomic E-state index is -1.84. The first-order valence-electron chi connectivity index (χ1n) is 8.52. The van der Waals surface area contributed by atoms with E-state index in [1.807, 2.05) is 12.1 Å². The molecular weight excluding hydrogens is 338 g/mol. The number of halogens is 1. The van der Waals surface area contributed by atoms with E-state index in [0.717, 1.165) is 5.56 Å². The van der Waals surface area contributed by atoms with Crippen molar-refractivity contribution in [1.82, 2.24) is 0 Å². The number of ether oxygens (including phenoxy) is 1. The fourth-order valence-corrected chi connectivity index (χ4v) is 2.69. The lowest BCUT2D eigenvalue weighted by Gasteiger charge is -2.12. The van der Waals surface area contributed by atoms with Gasteiger partial charge in [-0.3, -0.25) is 10.1 Å². The van der Waals surface area contributed by atoms with Gasteiger partial charge in [-0.15, -0.1) is 0 Å². The number of nitro benzene ring substituents is 1. The van der Waals surface area contributed by atoms with Gasteiger partial charge in [-0.05, 0) is 47.3 Å². The summed E-state index contributed by atoms with van der Waals surface area (Å²) in [7, 11) is 1.55. The molecule has 0 aliphatic heterocycles. The minimum Gasteiger partial charge on any atom is -0.496 e. The molecule has 0 amide bonds. The van der Waals surface area contributed by atoms with E-state index in [-0.39, 0.29) is 5.69 Å². The summed E-state index contributed by atoms with van der Waals surface area (Å²) in [5.41, 5.74) is 2.18. The molecule has 0 aromatic heterocycles. The Morgan fingerprint density at radius 1 is 1.08 bits per heavy atom. The van der Waals surface area contributed by atoms with E-state index in [4.69, 9.17) is 19.1 Å². The number of nitro groups is 1. The summed E-state index contributed by atoms with van der Waals surface area (Å²) in [5.74, 6) is 0.598. The maximum absolute atomic E-state index is 10.8. The number of methoxy groups -OCH3 is 1. The summed E-state index contributed by atoms with van der Waals surface area (Å²) in [6.07, 6.45) is -1.84. The SMILES string of the molecule is [2H]C([2H])(c1ccc([N+](=O)[O-])cc1)c1ccc(OC)c(-c2cccc(Cl)c2)c1. The molecular formula is C20H16ClNO3. The van der Waals surface area contributed by atoms with E-state index in [2.05, 4.69) is 0 Å². The van der Waals surface area contributed by atoms with Crippen molar-refractivity contribution in [1.29, 1.82) is 0 Å². The topological polar surface area (TPSA) is 52.4 Å². The maximum atomic E-state index is 10.8. The molecule has 3 aromatic carbocycles. The zero-order valence-electron chi connectivity index (χ0n) is 15.4. The van der Waals surface area contributed by atoms with Crippen molar-refractivity contribution in [3.63, 3.8) is 0 Å². The van der Waals surface area contributed by atoms with Gasteiger partial charge in [0.15, 0.2) is 0 Å². The number of hydrogen-bond donors (Lipinski definition) is 0. The molecule has 0 N–H and O–H groups in total. The molecule has 0 heterocycles. The summed E-state index contributed by atoms with van der Waals surface area (Å²) >= 11 is 6.09. The smallest absolute Gasteiger partial charge is 0.269 e. The average molecular weight is 356 g/mol. The summed E-state index contributed by atoms with van der Waals surface area (Å²) in [6.45, 7) is 0. The van der Waals surface area contributed by atoms with Gasteiger partial charge in [0.2, 0.25) is 0 Å². The number of hydrogen-bond acceptors (Lipinski definition) is 3. The van der Waals surface area contributed by atoms with Crippen LogP contribution in [0, 0.1) is 10.1 Å². The van der Waals surface area contributed by atoms with Crippen LogP contribution in [-0.4, -0.2) is 12.0 Å². The van der Waals surface area contributed by atoms with Crippen molar-refractivity contribution < 1.29 is 12.4 Å². The Balaban J connectivity index is 2.08. The van der Waals surface area contributed by atoms with Crippen molar-refractivity contribution in [3.05, 3.63) is 93.0 Å². The normalized spacial score (nSPS) is 12.2. The molecule has 0 radical (unpaired) electrons. The van der Waals surface area contributed by atoms with Gasteiger partial charge >= 0.3 is 0 Å². The van der Waals surface area contributed by atoms with Crippen LogP contribution in [0.2, 0.25) is 5.02 Å². The molecule has 0 bridgehead atoms. The van der Waals surface area contributed by atoms with Crippen LogP contribution < -0.4 is 4.74 Å². The monoisotopic (exact) mass is 355 g/mol. The first-order valence-corrected chi connectivity index (χ1v) is 7.90. The van der Waals surface area contributed by atoms with Crippen molar-refractivity contribution in [2.75, 3.05) is 7.11 Å². The van der Waals surface area contributed by atoms with Gasteiger partial charge < -0.3 is 4.74 Å². The lowest BCUT2D eigenvalue weighted by atomic mass is 9.98. The molecule has 4 nitrogen and oxygen atoms in total. The van der Waals surface area contributed by atoms with Gasteiger partial charge in [0.05, 0.1) is 12.0 Å². The third-order valence-electron chi connectivity index (χ3n) is 3.70. The van der Waals surface area contributed by atoms with Crippen LogP contribution in [0.25, 0.3) is 11.1 Å². The third kappa shape index (κ3) is 3.98. The van der Waals surface area contributed by atoms with Crippen LogP contribution in [0.4, 0.5) is 5.69 Å². The quantitative estimate of drug-likeness (QED) is 0.447. The lowest BCUT2D eigenvalue weighted by Crippen LogP contribution is -1.94. The van der Waals surface area contributed by atoms with Crippen molar-refractivity contribution in [3.8, 4) is 16.9 Å². The molecule has 0 saturated heterocycles. The Morgan fingerprint density at radius 2 is 1.80 bits per heavy atom. The Morgan fingerprint density at radius 3 is 2.44 bits per heavy atom. The largest absolute Gasteiger partial charge is 0.496 e.